The maximum atomic E-state index is 13.1. The molecule has 0 fully saturated rings. The van der Waals surface area contributed by atoms with Crippen molar-refractivity contribution < 1.29 is 18.0 Å². The summed E-state index contributed by atoms with van der Waals surface area (Å²) in [5.41, 5.74) is 6.14. The van der Waals surface area contributed by atoms with E-state index in [-0.39, 0.29) is 24.4 Å². The van der Waals surface area contributed by atoms with Crippen molar-refractivity contribution in [3.05, 3.63) is 35.7 Å². The van der Waals surface area contributed by atoms with Crippen LogP contribution in [0, 0.1) is 11.6 Å². The largest absolute Gasteiger partial charge is 0.377 e. The van der Waals surface area contributed by atoms with Crippen LogP contribution in [0.4, 0.5) is 8.78 Å². The smallest absolute Gasteiger partial charge is 0.258 e. The fourth-order valence-electron chi connectivity index (χ4n) is 1.50. The topological polar surface area (TPSA) is 74.2 Å². The molecule has 0 aliphatic carbocycles. The molecule has 108 valence electrons. The lowest BCUT2D eigenvalue weighted by atomic mass is 10.2. The zero-order valence-electron chi connectivity index (χ0n) is 11.1. The number of nitrogens with two attached hydrogens (primary N) is 1. The lowest BCUT2D eigenvalue weighted by molar-refractivity contribution is 0.0665. The van der Waals surface area contributed by atoms with Crippen LogP contribution in [0.5, 0.6) is 0 Å². The number of rotatable bonds is 5. The van der Waals surface area contributed by atoms with E-state index in [9.17, 15) is 8.78 Å². The molecule has 1 aromatic carbocycles. The maximum absolute atomic E-state index is 13.1. The van der Waals surface area contributed by atoms with Gasteiger partial charge < -0.3 is 15.0 Å². The molecule has 0 bridgehead atoms. The summed E-state index contributed by atoms with van der Waals surface area (Å²) in [5.74, 6) is -1.57. The highest BCUT2D eigenvalue weighted by molar-refractivity contribution is 5.52. The highest BCUT2D eigenvalue weighted by Gasteiger charge is 2.17. The normalized spacial score (nSPS) is 12.9. The van der Waals surface area contributed by atoms with E-state index in [1.807, 2.05) is 13.8 Å². The minimum atomic E-state index is -0.977. The first-order chi connectivity index (χ1) is 9.47. The number of benzene rings is 1. The van der Waals surface area contributed by atoms with Gasteiger partial charge in [0.25, 0.3) is 5.89 Å². The van der Waals surface area contributed by atoms with Gasteiger partial charge in [-0.25, -0.2) is 8.78 Å². The third-order valence-corrected chi connectivity index (χ3v) is 2.55. The molecule has 7 heteroatoms. The Morgan fingerprint density at radius 2 is 2.05 bits per heavy atom. The van der Waals surface area contributed by atoms with Crippen molar-refractivity contribution in [1.82, 2.24) is 10.1 Å². The summed E-state index contributed by atoms with van der Waals surface area (Å²) in [5, 5.41) is 3.72. The number of ether oxygens (including phenoxy) is 1. The summed E-state index contributed by atoms with van der Waals surface area (Å²) >= 11 is 0. The van der Waals surface area contributed by atoms with E-state index in [2.05, 4.69) is 10.1 Å². The SMILES string of the molecule is CC(C)OCC(N)c1noc(-c2ccc(F)c(F)c2)n1. The second-order valence-electron chi connectivity index (χ2n) is 4.58. The molecule has 0 aliphatic heterocycles. The molecule has 0 spiro atoms. The molecule has 0 saturated heterocycles. The summed E-state index contributed by atoms with van der Waals surface area (Å²) < 4.78 is 36.3. The molecule has 5 nitrogen and oxygen atoms in total. The van der Waals surface area contributed by atoms with Crippen LogP contribution in [-0.2, 0) is 4.74 Å². The van der Waals surface area contributed by atoms with Gasteiger partial charge in [0.1, 0.15) is 0 Å². The molecular weight excluding hydrogens is 268 g/mol. The molecule has 2 N–H and O–H groups in total. The monoisotopic (exact) mass is 283 g/mol. The van der Waals surface area contributed by atoms with Crippen LogP contribution in [-0.4, -0.2) is 22.9 Å². The van der Waals surface area contributed by atoms with Gasteiger partial charge in [0, 0.05) is 5.56 Å². The maximum Gasteiger partial charge on any atom is 0.258 e. The first kappa shape index (κ1) is 14.5. The molecule has 1 atom stereocenters. The molecule has 1 heterocycles. The first-order valence-electron chi connectivity index (χ1n) is 6.13. The molecule has 1 unspecified atom stereocenters. The Hall–Kier alpha value is -1.86. The molecule has 20 heavy (non-hydrogen) atoms. The van der Waals surface area contributed by atoms with E-state index in [0.29, 0.717) is 5.56 Å². The van der Waals surface area contributed by atoms with Crippen molar-refractivity contribution >= 4 is 0 Å². The van der Waals surface area contributed by atoms with Gasteiger partial charge in [-0.1, -0.05) is 5.16 Å². The fourth-order valence-corrected chi connectivity index (χ4v) is 1.50. The van der Waals surface area contributed by atoms with Crippen LogP contribution in [0.1, 0.15) is 25.7 Å². The average molecular weight is 283 g/mol. The van der Waals surface area contributed by atoms with Gasteiger partial charge in [0.15, 0.2) is 17.5 Å². The molecule has 2 aromatic rings. The van der Waals surface area contributed by atoms with Gasteiger partial charge in [-0.15, -0.1) is 0 Å². The lowest BCUT2D eigenvalue weighted by Crippen LogP contribution is -2.20. The van der Waals surface area contributed by atoms with Crippen LogP contribution in [0.25, 0.3) is 11.5 Å². The summed E-state index contributed by atoms with van der Waals surface area (Å²) in [6, 6.07) is 2.80. The Kier molecular flexibility index (Phi) is 4.41. The van der Waals surface area contributed by atoms with E-state index >= 15 is 0 Å². The lowest BCUT2D eigenvalue weighted by Gasteiger charge is -2.10. The van der Waals surface area contributed by atoms with Gasteiger partial charge in [-0.3, -0.25) is 0 Å². The molecule has 0 aliphatic rings. The average Bonchev–Trinajstić information content (AvgIpc) is 2.89. The number of halogens is 2. The summed E-state index contributed by atoms with van der Waals surface area (Å²) in [6.45, 7) is 4.01. The summed E-state index contributed by atoms with van der Waals surface area (Å²) in [7, 11) is 0. The number of nitrogens with zero attached hydrogens (tertiary/aromatic N) is 2. The fraction of sp³-hybridized carbons (Fsp3) is 0.385. The third kappa shape index (κ3) is 3.37. The predicted octanol–water partition coefficient (Wildman–Crippen LogP) is 2.44. The highest BCUT2D eigenvalue weighted by atomic mass is 19.2. The van der Waals surface area contributed by atoms with Crippen molar-refractivity contribution in [1.29, 1.82) is 0 Å². The Labute approximate surface area is 114 Å². The Morgan fingerprint density at radius 3 is 2.70 bits per heavy atom. The van der Waals surface area contributed by atoms with Crippen LogP contribution in [0.2, 0.25) is 0 Å². The molecule has 1 aromatic heterocycles. The molecule has 0 radical (unpaired) electrons. The van der Waals surface area contributed by atoms with Crippen LogP contribution >= 0.6 is 0 Å². The van der Waals surface area contributed by atoms with E-state index in [4.69, 9.17) is 15.0 Å². The highest BCUT2D eigenvalue weighted by Crippen LogP contribution is 2.21. The van der Waals surface area contributed by atoms with Gasteiger partial charge in [0.2, 0.25) is 0 Å². The summed E-state index contributed by atoms with van der Waals surface area (Å²) in [6.07, 6.45) is 0.0404. The second kappa shape index (κ2) is 6.06. The molecule has 2 rings (SSSR count). The zero-order valence-corrected chi connectivity index (χ0v) is 11.1. The van der Waals surface area contributed by atoms with E-state index in [0.717, 1.165) is 12.1 Å². The number of aromatic nitrogens is 2. The van der Waals surface area contributed by atoms with Gasteiger partial charge >= 0.3 is 0 Å². The van der Waals surface area contributed by atoms with Crippen molar-refractivity contribution in [3.8, 4) is 11.5 Å². The van der Waals surface area contributed by atoms with Crippen molar-refractivity contribution in [2.24, 2.45) is 5.73 Å². The Morgan fingerprint density at radius 1 is 1.30 bits per heavy atom. The van der Waals surface area contributed by atoms with Gasteiger partial charge in [0.05, 0.1) is 18.8 Å². The third-order valence-electron chi connectivity index (χ3n) is 2.55. The Balaban J connectivity index is 2.13. The Bertz CT molecular complexity index is 587. The minimum Gasteiger partial charge on any atom is -0.377 e. The molecule has 0 amide bonds. The number of hydrogen-bond donors (Lipinski definition) is 1. The van der Waals surface area contributed by atoms with Gasteiger partial charge in [-0.05, 0) is 32.0 Å². The van der Waals surface area contributed by atoms with Crippen molar-refractivity contribution in [2.45, 2.75) is 26.0 Å². The van der Waals surface area contributed by atoms with Crippen molar-refractivity contribution in [3.63, 3.8) is 0 Å². The minimum absolute atomic E-state index is 0.0404. The van der Waals surface area contributed by atoms with Crippen molar-refractivity contribution in [2.75, 3.05) is 6.61 Å². The second-order valence-corrected chi connectivity index (χ2v) is 4.58. The van der Waals surface area contributed by atoms with Crippen LogP contribution < -0.4 is 5.73 Å². The zero-order chi connectivity index (χ0) is 14.7. The molecular formula is C13H15F2N3O2. The van der Waals surface area contributed by atoms with Gasteiger partial charge in [-0.2, -0.15) is 4.98 Å². The summed E-state index contributed by atoms with van der Waals surface area (Å²) in [4.78, 5) is 4.06. The number of hydrogen-bond acceptors (Lipinski definition) is 5. The van der Waals surface area contributed by atoms with E-state index in [1.165, 1.54) is 6.07 Å². The standard InChI is InChI=1S/C13H15F2N3O2/c1-7(2)19-6-11(16)12-17-13(20-18-12)8-3-4-9(14)10(15)5-8/h3-5,7,11H,6,16H2,1-2H3. The van der Waals surface area contributed by atoms with Crippen LogP contribution in [0.3, 0.4) is 0 Å². The first-order valence-corrected chi connectivity index (χ1v) is 6.13. The predicted molar refractivity (Wildman–Crippen MR) is 67.7 cm³/mol. The quantitative estimate of drug-likeness (QED) is 0.912. The van der Waals surface area contributed by atoms with Crippen LogP contribution in [0.15, 0.2) is 22.7 Å². The van der Waals surface area contributed by atoms with E-state index in [1.54, 1.807) is 0 Å². The molecule has 0 saturated carbocycles. The van der Waals surface area contributed by atoms with E-state index < -0.39 is 17.7 Å².